The zero-order valence-electron chi connectivity index (χ0n) is 9.66. The minimum atomic E-state index is -0.0687. The zero-order valence-corrected chi connectivity index (χ0v) is 9.66. The Labute approximate surface area is 90.3 Å². The number of nitrogens with zero attached hydrogens (tertiary/aromatic N) is 2. The largest absolute Gasteiger partial charge is 0.363 e. The average Bonchev–Trinajstić information content (AvgIpc) is 2.22. The first-order chi connectivity index (χ1) is 7.15. The molecule has 1 atom stereocenters. The van der Waals surface area contributed by atoms with Crippen molar-refractivity contribution in [2.75, 3.05) is 5.32 Å². The van der Waals surface area contributed by atoms with Gasteiger partial charge < -0.3 is 9.88 Å². The van der Waals surface area contributed by atoms with Crippen LogP contribution in [0.4, 0.5) is 5.82 Å². The highest BCUT2D eigenvalue weighted by Crippen LogP contribution is 2.04. The van der Waals surface area contributed by atoms with E-state index in [-0.39, 0.29) is 5.56 Å². The first kappa shape index (κ1) is 11.8. The molecule has 4 nitrogen and oxygen atoms in total. The molecule has 0 aliphatic rings. The van der Waals surface area contributed by atoms with Crippen LogP contribution in [0.3, 0.4) is 0 Å². The van der Waals surface area contributed by atoms with E-state index < -0.39 is 0 Å². The maximum absolute atomic E-state index is 11.6. The minimum absolute atomic E-state index is 0.0687. The van der Waals surface area contributed by atoms with Gasteiger partial charge in [0.05, 0.1) is 0 Å². The van der Waals surface area contributed by atoms with Crippen LogP contribution >= 0.6 is 0 Å². The van der Waals surface area contributed by atoms with E-state index in [1.54, 1.807) is 19.4 Å². The summed E-state index contributed by atoms with van der Waals surface area (Å²) in [6, 6.07) is 0.299. The van der Waals surface area contributed by atoms with Gasteiger partial charge in [0, 0.05) is 25.5 Å². The summed E-state index contributed by atoms with van der Waals surface area (Å²) in [5.41, 5.74) is -0.0687. The van der Waals surface area contributed by atoms with Gasteiger partial charge in [0.1, 0.15) is 0 Å². The molecule has 15 heavy (non-hydrogen) atoms. The van der Waals surface area contributed by atoms with Crippen LogP contribution in [0.1, 0.15) is 33.1 Å². The van der Waals surface area contributed by atoms with Crippen molar-refractivity contribution in [1.82, 2.24) is 9.55 Å². The van der Waals surface area contributed by atoms with Crippen molar-refractivity contribution in [1.29, 1.82) is 0 Å². The Hall–Kier alpha value is -1.32. The Morgan fingerprint density at radius 1 is 1.60 bits per heavy atom. The topological polar surface area (TPSA) is 46.9 Å². The van der Waals surface area contributed by atoms with E-state index in [2.05, 4.69) is 24.1 Å². The lowest BCUT2D eigenvalue weighted by Crippen LogP contribution is -2.26. The maximum Gasteiger partial charge on any atom is 0.293 e. The molecule has 1 N–H and O–H groups in total. The van der Waals surface area contributed by atoms with E-state index in [4.69, 9.17) is 0 Å². The molecular weight excluding hydrogens is 190 g/mol. The molecule has 0 amide bonds. The Morgan fingerprint density at radius 3 is 3.00 bits per heavy atom. The number of hydrogen-bond donors (Lipinski definition) is 1. The van der Waals surface area contributed by atoms with E-state index in [0.717, 1.165) is 6.42 Å². The summed E-state index contributed by atoms with van der Waals surface area (Å²) in [5, 5.41) is 3.14. The highest BCUT2D eigenvalue weighted by atomic mass is 16.1. The van der Waals surface area contributed by atoms with Gasteiger partial charge in [-0.1, -0.05) is 19.8 Å². The molecule has 0 bridgehead atoms. The summed E-state index contributed by atoms with van der Waals surface area (Å²) in [5.74, 6) is 0.448. The second-order valence-electron chi connectivity index (χ2n) is 3.88. The lowest BCUT2D eigenvalue weighted by atomic mass is 10.1. The molecule has 1 aromatic rings. The Bertz CT molecular complexity index is 359. The van der Waals surface area contributed by atoms with Crippen LogP contribution in [0.15, 0.2) is 17.2 Å². The van der Waals surface area contributed by atoms with E-state index in [9.17, 15) is 4.79 Å². The van der Waals surface area contributed by atoms with Gasteiger partial charge >= 0.3 is 0 Å². The SMILES string of the molecule is CCCCC(C)Nc1nccn(C)c1=O. The molecule has 0 aliphatic heterocycles. The van der Waals surface area contributed by atoms with Crippen molar-refractivity contribution in [3.8, 4) is 0 Å². The summed E-state index contributed by atoms with van der Waals surface area (Å²) < 4.78 is 1.53. The maximum atomic E-state index is 11.6. The zero-order chi connectivity index (χ0) is 11.3. The summed E-state index contributed by atoms with van der Waals surface area (Å²) >= 11 is 0. The van der Waals surface area contributed by atoms with Gasteiger partial charge in [-0.3, -0.25) is 4.79 Å². The van der Waals surface area contributed by atoms with Crippen molar-refractivity contribution in [3.05, 3.63) is 22.7 Å². The molecule has 1 aromatic heterocycles. The lowest BCUT2D eigenvalue weighted by molar-refractivity contribution is 0.640. The third-order valence-electron chi connectivity index (χ3n) is 2.39. The van der Waals surface area contributed by atoms with Crippen LogP contribution < -0.4 is 10.9 Å². The molecule has 1 unspecified atom stereocenters. The van der Waals surface area contributed by atoms with Crippen molar-refractivity contribution in [2.24, 2.45) is 7.05 Å². The standard InChI is InChI=1S/C11H19N3O/c1-4-5-6-9(2)13-10-11(15)14(3)8-7-12-10/h7-9H,4-6H2,1-3H3,(H,12,13). The van der Waals surface area contributed by atoms with Gasteiger partial charge in [0.15, 0.2) is 5.82 Å². The minimum Gasteiger partial charge on any atom is -0.363 e. The Morgan fingerprint density at radius 2 is 2.33 bits per heavy atom. The lowest BCUT2D eigenvalue weighted by Gasteiger charge is -2.13. The number of nitrogens with one attached hydrogen (secondary N) is 1. The number of unbranched alkanes of at least 4 members (excludes halogenated alkanes) is 1. The van der Waals surface area contributed by atoms with Crippen molar-refractivity contribution < 1.29 is 0 Å². The van der Waals surface area contributed by atoms with Gasteiger partial charge in [0.25, 0.3) is 5.56 Å². The number of aryl methyl sites for hydroxylation is 1. The molecule has 0 fully saturated rings. The second-order valence-corrected chi connectivity index (χ2v) is 3.88. The van der Waals surface area contributed by atoms with Crippen LogP contribution in [0.5, 0.6) is 0 Å². The van der Waals surface area contributed by atoms with Gasteiger partial charge in [0.2, 0.25) is 0 Å². The van der Waals surface area contributed by atoms with Crippen molar-refractivity contribution >= 4 is 5.82 Å². The number of aromatic nitrogens is 2. The Kier molecular flexibility index (Phi) is 4.34. The number of rotatable bonds is 5. The molecule has 0 aromatic carbocycles. The summed E-state index contributed by atoms with van der Waals surface area (Å²) in [6.45, 7) is 4.23. The first-order valence-corrected chi connectivity index (χ1v) is 5.43. The predicted molar refractivity (Wildman–Crippen MR) is 62.1 cm³/mol. The summed E-state index contributed by atoms with van der Waals surface area (Å²) in [6.07, 6.45) is 6.70. The molecule has 84 valence electrons. The molecule has 0 saturated heterocycles. The summed E-state index contributed by atoms with van der Waals surface area (Å²) in [4.78, 5) is 15.7. The van der Waals surface area contributed by atoms with Gasteiger partial charge in [-0.25, -0.2) is 4.98 Å². The van der Waals surface area contributed by atoms with E-state index >= 15 is 0 Å². The molecule has 0 spiro atoms. The van der Waals surface area contributed by atoms with Crippen molar-refractivity contribution in [3.63, 3.8) is 0 Å². The van der Waals surface area contributed by atoms with E-state index in [1.807, 2.05) is 0 Å². The van der Waals surface area contributed by atoms with Gasteiger partial charge in [-0.15, -0.1) is 0 Å². The van der Waals surface area contributed by atoms with Gasteiger partial charge in [-0.2, -0.15) is 0 Å². The first-order valence-electron chi connectivity index (χ1n) is 5.43. The molecule has 0 radical (unpaired) electrons. The molecule has 0 aliphatic carbocycles. The fourth-order valence-electron chi connectivity index (χ4n) is 1.41. The normalized spacial score (nSPS) is 12.5. The Balaban J connectivity index is 2.64. The molecule has 1 rings (SSSR count). The molecule has 1 heterocycles. The average molecular weight is 209 g/mol. The molecule has 0 saturated carbocycles. The fraction of sp³-hybridized carbons (Fsp3) is 0.636. The number of hydrogen-bond acceptors (Lipinski definition) is 3. The smallest absolute Gasteiger partial charge is 0.293 e. The van der Waals surface area contributed by atoms with Crippen molar-refractivity contribution in [2.45, 2.75) is 39.2 Å². The van der Waals surface area contributed by atoms with E-state index in [0.29, 0.717) is 11.9 Å². The third-order valence-corrected chi connectivity index (χ3v) is 2.39. The van der Waals surface area contributed by atoms with Crippen LogP contribution in [-0.4, -0.2) is 15.6 Å². The predicted octanol–water partition coefficient (Wildman–Crippen LogP) is 1.77. The van der Waals surface area contributed by atoms with E-state index in [1.165, 1.54) is 17.4 Å². The third kappa shape index (κ3) is 3.38. The van der Waals surface area contributed by atoms with Gasteiger partial charge in [-0.05, 0) is 13.3 Å². The molecule has 4 heteroatoms. The number of anilines is 1. The summed E-state index contributed by atoms with van der Waals surface area (Å²) in [7, 11) is 1.73. The van der Waals surface area contributed by atoms with Crippen LogP contribution in [0.25, 0.3) is 0 Å². The fourth-order valence-corrected chi connectivity index (χ4v) is 1.41. The van der Waals surface area contributed by atoms with Crippen LogP contribution in [0.2, 0.25) is 0 Å². The molecular formula is C11H19N3O. The second kappa shape index (κ2) is 5.53. The highest BCUT2D eigenvalue weighted by molar-refractivity contribution is 5.31. The monoisotopic (exact) mass is 209 g/mol. The highest BCUT2D eigenvalue weighted by Gasteiger charge is 2.06. The van der Waals surface area contributed by atoms with Crippen LogP contribution in [-0.2, 0) is 7.05 Å². The quantitative estimate of drug-likeness (QED) is 0.804. The van der Waals surface area contributed by atoms with Crippen LogP contribution in [0, 0.1) is 0 Å².